The molecule has 4 rings (SSSR count). The molecule has 4 aromatic rings. The van der Waals surface area contributed by atoms with Crippen LogP contribution in [0.15, 0.2) is 47.4 Å². The van der Waals surface area contributed by atoms with E-state index in [1.165, 1.54) is 12.1 Å². The molecule has 10 heteroatoms. The SMILES string of the molecule is CCCNc1nc(Nc2ccc(C(F)(F)F)cc2)nc2c1ncn2-c1ccsc1. The molecule has 0 fully saturated rings. The van der Waals surface area contributed by atoms with E-state index in [1.807, 2.05) is 28.3 Å². The molecule has 0 amide bonds. The van der Waals surface area contributed by atoms with E-state index in [0.29, 0.717) is 29.2 Å². The standard InChI is InChI=1S/C19H17F3N6S/c1-2-8-23-16-15-17(28(11-24-15)14-7-9-29-10-14)27-18(26-16)25-13-5-3-12(4-6-13)19(20,21)22/h3-7,9-11H,2,8H2,1H3,(H2,23,25,26,27). The average molecular weight is 418 g/mol. The number of halogens is 3. The minimum Gasteiger partial charge on any atom is -0.368 e. The Balaban J connectivity index is 1.72. The number of rotatable bonds is 6. The highest BCUT2D eigenvalue weighted by Gasteiger charge is 2.30. The minimum absolute atomic E-state index is 0.271. The summed E-state index contributed by atoms with van der Waals surface area (Å²) in [7, 11) is 0. The van der Waals surface area contributed by atoms with Crippen LogP contribution in [0.2, 0.25) is 0 Å². The maximum absolute atomic E-state index is 12.8. The van der Waals surface area contributed by atoms with Gasteiger partial charge in [0.2, 0.25) is 5.95 Å². The van der Waals surface area contributed by atoms with Crippen LogP contribution in [0.5, 0.6) is 0 Å². The number of imidazole rings is 1. The van der Waals surface area contributed by atoms with E-state index in [4.69, 9.17) is 0 Å². The largest absolute Gasteiger partial charge is 0.416 e. The maximum Gasteiger partial charge on any atom is 0.416 e. The van der Waals surface area contributed by atoms with Crippen molar-refractivity contribution in [2.24, 2.45) is 0 Å². The van der Waals surface area contributed by atoms with E-state index in [9.17, 15) is 13.2 Å². The molecule has 2 N–H and O–H groups in total. The Morgan fingerprint density at radius 1 is 1.10 bits per heavy atom. The predicted octanol–water partition coefficient (Wildman–Crippen LogP) is 5.46. The van der Waals surface area contributed by atoms with Crippen LogP contribution in [0.25, 0.3) is 16.9 Å². The van der Waals surface area contributed by atoms with Gasteiger partial charge in [0.05, 0.1) is 11.3 Å². The average Bonchev–Trinajstić information content (AvgIpc) is 3.35. The van der Waals surface area contributed by atoms with E-state index in [0.717, 1.165) is 24.2 Å². The van der Waals surface area contributed by atoms with Crippen molar-refractivity contribution in [3.8, 4) is 5.69 Å². The lowest BCUT2D eigenvalue weighted by Crippen LogP contribution is -2.07. The molecule has 0 spiro atoms. The molecule has 3 aromatic heterocycles. The van der Waals surface area contributed by atoms with Crippen molar-refractivity contribution in [2.45, 2.75) is 19.5 Å². The van der Waals surface area contributed by atoms with Gasteiger partial charge in [0.1, 0.15) is 6.33 Å². The van der Waals surface area contributed by atoms with E-state index < -0.39 is 11.7 Å². The van der Waals surface area contributed by atoms with Crippen molar-refractivity contribution in [3.05, 3.63) is 53.0 Å². The second kappa shape index (κ2) is 7.70. The molecule has 0 atom stereocenters. The maximum atomic E-state index is 12.8. The summed E-state index contributed by atoms with van der Waals surface area (Å²) >= 11 is 1.56. The van der Waals surface area contributed by atoms with Gasteiger partial charge in [-0.2, -0.15) is 34.5 Å². The van der Waals surface area contributed by atoms with Crippen LogP contribution in [0, 0.1) is 0 Å². The number of anilines is 3. The summed E-state index contributed by atoms with van der Waals surface area (Å²) in [6.45, 7) is 2.74. The highest BCUT2D eigenvalue weighted by atomic mass is 32.1. The fourth-order valence-electron chi connectivity index (χ4n) is 2.78. The van der Waals surface area contributed by atoms with Crippen molar-refractivity contribution in [1.29, 1.82) is 0 Å². The summed E-state index contributed by atoms with van der Waals surface area (Å²) in [6.07, 6.45) is -1.79. The van der Waals surface area contributed by atoms with E-state index in [-0.39, 0.29) is 5.95 Å². The fraction of sp³-hybridized carbons (Fsp3) is 0.211. The Morgan fingerprint density at radius 2 is 1.90 bits per heavy atom. The Kier molecular flexibility index (Phi) is 5.10. The van der Waals surface area contributed by atoms with Gasteiger partial charge in [0.15, 0.2) is 17.0 Å². The number of alkyl halides is 3. The summed E-state index contributed by atoms with van der Waals surface area (Å²) in [4.78, 5) is 13.5. The molecule has 0 aliphatic carbocycles. The molecule has 0 radical (unpaired) electrons. The molecule has 0 unspecified atom stereocenters. The first-order valence-corrected chi connectivity index (χ1v) is 9.86. The van der Waals surface area contributed by atoms with Gasteiger partial charge in [-0.05, 0) is 42.1 Å². The lowest BCUT2D eigenvalue weighted by Gasteiger charge is -2.11. The van der Waals surface area contributed by atoms with Gasteiger partial charge in [0.25, 0.3) is 0 Å². The molecule has 1 aromatic carbocycles. The smallest absolute Gasteiger partial charge is 0.368 e. The summed E-state index contributed by atoms with van der Waals surface area (Å²) in [5.74, 6) is 0.841. The molecular weight excluding hydrogens is 401 g/mol. The van der Waals surface area contributed by atoms with Crippen LogP contribution in [0.1, 0.15) is 18.9 Å². The van der Waals surface area contributed by atoms with Gasteiger partial charge in [-0.3, -0.25) is 4.57 Å². The molecular formula is C19H17F3N6S. The number of nitrogens with zero attached hydrogens (tertiary/aromatic N) is 4. The molecule has 150 valence electrons. The highest BCUT2D eigenvalue weighted by Crippen LogP contribution is 2.31. The molecule has 3 heterocycles. The van der Waals surface area contributed by atoms with Gasteiger partial charge >= 0.3 is 6.18 Å². The first-order chi connectivity index (χ1) is 14.0. The van der Waals surface area contributed by atoms with Crippen LogP contribution in [0.4, 0.5) is 30.6 Å². The lowest BCUT2D eigenvalue weighted by molar-refractivity contribution is -0.137. The first-order valence-electron chi connectivity index (χ1n) is 8.91. The van der Waals surface area contributed by atoms with E-state index >= 15 is 0 Å². The number of hydrogen-bond acceptors (Lipinski definition) is 6. The van der Waals surface area contributed by atoms with E-state index in [1.54, 1.807) is 17.7 Å². The van der Waals surface area contributed by atoms with E-state index in [2.05, 4.69) is 25.6 Å². The predicted molar refractivity (Wildman–Crippen MR) is 108 cm³/mol. The number of aromatic nitrogens is 4. The molecule has 0 bridgehead atoms. The van der Waals surface area contributed by atoms with Crippen LogP contribution in [-0.4, -0.2) is 26.1 Å². The first kappa shape index (κ1) is 19.2. The molecule has 0 aliphatic heterocycles. The van der Waals surface area contributed by atoms with Crippen LogP contribution >= 0.6 is 11.3 Å². The Hall–Kier alpha value is -3.14. The second-order valence-corrected chi connectivity index (χ2v) is 7.07. The van der Waals surface area contributed by atoms with Crippen molar-refractivity contribution in [3.63, 3.8) is 0 Å². The lowest BCUT2D eigenvalue weighted by atomic mass is 10.2. The zero-order chi connectivity index (χ0) is 20.4. The Bertz CT molecular complexity index is 1100. The van der Waals surface area contributed by atoms with Crippen molar-refractivity contribution in [2.75, 3.05) is 17.2 Å². The van der Waals surface area contributed by atoms with Crippen molar-refractivity contribution >= 4 is 40.0 Å². The topological polar surface area (TPSA) is 67.7 Å². The summed E-state index contributed by atoms with van der Waals surface area (Å²) in [6, 6.07) is 6.70. The Morgan fingerprint density at radius 3 is 2.55 bits per heavy atom. The second-order valence-electron chi connectivity index (χ2n) is 6.29. The zero-order valence-corrected chi connectivity index (χ0v) is 16.2. The summed E-state index contributed by atoms with van der Waals surface area (Å²) < 4.78 is 40.2. The van der Waals surface area contributed by atoms with Gasteiger partial charge in [0, 0.05) is 17.6 Å². The third-order valence-electron chi connectivity index (χ3n) is 4.19. The van der Waals surface area contributed by atoms with Gasteiger partial charge < -0.3 is 10.6 Å². The minimum atomic E-state index is -4.38. The molecule has 0 saturated heterocycles. The summed E-state index contributed by atoms with van der Waals surface area (Å²) in [5.41, 5.74) is 1.91. The number of hydrogen-bond donors (Lipinski definition) is 2. The van der Waals surface area contributed by atoms with Crippen LogP contribution in [0.3, 0.4) is 0 Å². The molecule has 6 nitrogen and oxygen atoms in total. The quantitative estimate of drug-likeness (QED) is 0.435. The third kappa shape index (κ3) is 4.02. The van der Waals surface area contributed by atoms with Crippen molar-refractivity contribution < 1.29 is 13.2 Å². The normalized spacial score (nSPS) is 11.7. The summed E-state index contributed by atoms with van der Waals surface area (Å²) in [5, 5.41) is 10.2. The number of fused-ring (bicyclic) bond motifs is 1. The van der Waals surface area contributed by atoms with Gasteiger partial charge in [-0.25, -0.2) is 4.98 Å². The monoisotopic (exact) mass is 418 g/mol. The van der Waals surface area contributed by atoms with Crippen molar-refractivity contribution in [1.82, 2.24) is 19.5 Å². The molecule has 29 heavy (non-hydrogen) atoms. The van der Waals surface area contributed by atoms with Crippen LogP contribution < -0.4 is 10.6 Å². The number of thiophene rings is 1. The highest BCUT2D eigenvalue weighted by molar-refractivity contribution is 7.08. The van der Waals surface area contributed by atoms with Crippen LogP contribution in [-0.2, 0) is 6.18 Å². The number of nitrogens with one attached hydrogen (secondary N) is 2. The van der Waals surface area contributed by atoms with Gasteiger partial charge in [-0.15, -0.1) is 0 Å². The number of benzene rings is 1. The zero-order valence-electron chi connectivity index (χ0n) is 15.4. The third-order valence-corrected chi connectivity index (χ3v) is 4.86. The Labute approximate surface area is 168 Å². The fourth-order valence-corrected chi connectivity index (χ4v) is 3.41. The molecule has 0 saturated carbocycles. The van der Waals surface area contributed by atoms with Gasteiger partial charge in [-0.1, -0.05) is 6.92 Å². The molecule has 0 aliphatic rings.